The first-order chi connectivity index (χ1) is 14.8. The van der Waals surface area contributed by atoms with E-state index in [1.54, 1.807) is 11.3 Å². The molecule has 0 bridgehead atoms. The molecule has 3 aromatic carbocycles. The molecule has 1 aliphatic carbocycles. The summed E-state index contributed by atoms with van der Waals surface area (Å²) in [5.74, 6) is 1.07. The Morgan fingerprint density at radius 1 is 0.833 bits per heavy atom. The van der Waals surface area contributed by atoms with Gasteiger partial charge in [0, 0.05) is 5.75 Å². The van der Waals surface area contributed by atoms with Crippen LogP contribution in [0, 0.1) is 0 Å². The Balaban J connectivity index is 1.22. The number of rotatable bonds is 8. The third-order valence-electron chi connectivity index (χ3n) is 6.02. The Morgan fingerprint density at radius 2 is 1.50 bits per heavy atom. The van der Waals surface area contributed by atoms with Crippen molar-refractivity contribution in [2.24, 2.45) is 0 Å². The topological polar surface area (TPSA) is 30.0 Å². The number of aldehydes is 1. The molecule has 0 unspecified atom stereocenters. The summed E-state index contributed by atoms with van der Waals surface area (Å²) < 4.78 is 2.41. The van der Waals surface area contributed by atoms with Gasteiger partial charge in [0.1, 0.15) is 6.29 Å². The van der Waals surface area contributed by atoms with Crippen LogP contribution in [0.4, 0.5) is 0 Å². The van der Waals surface area contributed by atoms with Crippen LogP contribution in [0.1, 0.15) is 36.8 Å². The second kappa shape index (κ2) is 8.37. The maximum Gasteiger partial charge on any atom is 0.151 e. The fraction of sp³-hybridized carbons (Fsp3) is 0.231. The third-order valence-corrected chi connectivity index (χ3v) is 8.29. The molecule has 4 heteroatoms. The summed E-state index contributed by atoms with van der Waals surface area (Å²) in [4.78, 5) is 17.1. The standard InChI is InChI=1S/C26H23NOS2/c28-18-26(21-12-4-2-10-19(21)20-11-3-5-13-22(20)26)16-8-1-9-17-29-25-27-23-14-6-7-15-24(23)30-25/h2-7,10-15,18H,1,8-9,16-17H2. The molecule has 150 valence electrons. The molecular formula is C26H23NOS2. The molecule has 0 saturated carbocycles. The minimum absolute atomic E-state index is 0.493. The van der Waals surface area contributed by atoms with Crippen molar-refractivity contribution in [1.82, 2.24) is 4.98 Å². The van der Waals surface area contributed by atoms with Crippen molar-refractivity contribution in [3.8, 4) is 11.1 Å². The molecule has 1 aliphatic rings. The lowest BCUT2D eigenvalue weighted by Gasteiger charge is -2.25. The number of nitrogens with zero attached hydrogens (tertiary/aromatic N) is 1. The van der Waals surface area contributed by atoms with E-state index in [0.717, 1.165) is 41.3 Å². The number of hydrogen-bond acceptors (Lipinski definition) is 4. The molecule has 30 heavy (non-hydrogen) atoms. The van der Waals surface area contributed by atoms with Gasteiger partial charge in [-0.1, -0.05) is 85.3 Å². The number of thioether (sulfide) groups is 1. The van der Waals surface area contributed by atoms with Gasteiger partial charge in [-0.15, -0.1) is 11.3 Å². The molecule has 1 heterocycles. The van der Waals surface area contributed by atoms with Crippen molar-refractivity contribution in [3.63, 3.8) is 0 Å². The van der Waals surface area contributed by atoms with Crippen LogP contribution < -0.4 is 0 Å². The fourth-order valence-corrected chi connectivity index (χ4v) is 6.71. The van der Waals surface area contributed by atoms with Gasteiger partial charge in [0.05, 0.1) is 15.6 Å². The maximum atomic E-state index is 12.4. The number of benzene rings is 3. The first-order valence-corrected chi connectivity index (χ1v) is 12.3. The number of unbranched alkanes of at least 4 members (excludes halogenated alkanes) is 2. The predicted octanol–water partition coefficient (Wildman–Crippen LogP) is 7.11. The molecule has 0 radical (unpaired) electrons. The Kier molecular flexibility index (Phi) is 5.45. The lowest BCUT2D eigenvalue weighted by molar-refractivity contribution is -0.111. The quantitative estimate of drug-likeness (QED) is 0.170. The number of para-hydroxylation sites is 1. The zero-order valence-corrected chi connectivity index (χ0v) is 18.3. The predicted molar refractivity (Wildman–Crippen MR) is 128 cm³/mol. The van der Waals surface area contributed by atoms with Crippen LogP contribution in [0.3, 0.4) is 0 Å². The Bertz CT molecular complexity index is 1120. The van der Waals surface area contributed by atoms with E-state index in [1.807, 2.05) is 17.8 Å². The zero-order chi connectivity index (χ0) is 20.4. The number of carbonyl (C=O) groups is 1. The van der Waals surface area contributed by atoms with Crippen LogP contribution >= 0.6 is 23.1 Å². The van der Waals surface area contributed by atoms with E-state index in [-0.39, 0.29) is 0 Å². The zero-order valence-electron chi connectivity index (χ0n) is 16.7. The van der Waals surface area contributed by atoms with Gasteiger partial charge in [0.25, 0.3) is 0 Å². The van der Waals surface area contributed by atoms with E-state index < -0.39 is 5.41 Å². The van der Waals surface area contributed by atoms with Gasteiger partial charge in [-0.05, 0) is 47.2 Å². The minimum Gasteiger partial charge on any atom is -0.302 e. The van der Waals surface area contributed by atoms with Crippen LogP contribution in [0.2, 0.25) is 0 Å². The van der Waals surface area contributed by atoms with Crippen molar-refractivity contribution < 1.29 is 4.79 Å². The molecule has 0 aliphatic heterocycles. The van der Waals surface area contributed by atoms with Gasteiger partial charge in [-0.3, -0.25) is 0 Å². The molecule has 0 N–H and O–H groups in total. The molecule has 5 rings (SSSR count). The molecule has 0 spiro atoms. The van der Waals surface area contributed by atoms with Crippen LogP contribution in [0.15, 0.2) is 77.1 Å². The number of hydrogen-bond donors (Lipinski definition) is 0. The molecule has 0 amide bonds. The average molecular weight is 430 g/mol. The van der Waals surface area contributed by atoms with E-state index in [0.29, 0.717) is 0 Å². The number of carbonyl (C=O) groups excluding carboxylic acids is 1. The summed E-state index contributed by atoms with van der Waals surface area (Å²) in [6, 6.07) is 25.1. The first-order valence-electron chi connectivity index (χ1n) is 10.5. The summed E-state index contributed by atoms with van der Waals surface area (Å²) in [6.45, 7) is 0. The second-order valence-corrected chi connectivity index (χ2v) is 10.2. The number of thiazole rings is 1. The van der Waals surface area contributed by atoms with E-state index in [1.165, 1.54) is 33.2 Å². The van der Waals surface area contributed by atoms with Crippen LogP contribution in [0.5, 0.6) is 0 Å². The summed E-state index contributed by atoms with van der Waals surface area (Å²) >= 11 is 3.62. The van der Waals surface area contributed by atoms with Crippen molar-refractivity contribution in [1.29, 1.82) is 0 Å². The largest absolute Gasteiger partial charge is 0.302 e. The molecular weight excluding hydrogens is 406 g/mol. The highest BCUT2D eigenvalue weighted by Crippen LogP contribution is 2.50. The third kappa shape index (κ3) is 3.38. The van der Waals surface area contributed by atoms with E-state index in [4.69, 9.17) is 4.98 Å². The summed E-state index contributed by atoms with van der Waals surface area (Å²) in [5.41, 5.74) is 5.37. The van der Waals surface area contributed by atoms with Crippen molar-refractivity contribution >= 4 is 39.6 Å². The molecule has 2 nitrogen and oxygen atoms in total. The van der Waals surface area contributed by atoms with Crippen molar-refractivity contribution in [3.05, 3.63) is 83.9 Å². The van der Waals surface area contributed by atoms with Crippen LogP contribution in [-0.2, 0) is 10.2 Å². The Labute approximate surface area is 185 Å². The van der Waals surface area contributed by atoms with Crippen molar-refractivity contribution in [2.75, 3.05) is 5.75 Å². The maximum absolute atomic E-state index is 12.4. The monoisotopic (exact) mass is 429 g/mol. The van der Waals surface area contributed by atoms with Gasteiger partial charge in [-0.25, -0.2) is 4.98 Å². The lowest BCUT2D eigenvalue weighted by atomic mass is 9.75. The van der Waals surface area contributed by atoms with Crippen LogP contribution in [-0.4, -0.2) is 17.0 Å². The SMILES string of the molecule is O=CC1(CCCCCSc2nc3ccccc3s2)c2ccccc2-c2ccccc21. The summed E-state index contributed by atoms with van der Waals surface area (Å²) in [7, 11) is 0. The van der Waals surface area contributed by atoms with E-state index in [9.17, 15) is 4.79 Å². The fourth-order valence-electron chi connectivity index (χ4n) is 4.57. The first kappa shape index (κ1) is 19.5. The highest BCUT2D eigenvalue weighted by atomic mass is 32.2. The highest BCUT2D eigenvalue weighted by Gasteiger charge is 2.42. The van der Waals surface area contributed by atoms with Gasteiger partial charge < -0.3 is 4.79 Å². The molecule has 0 fully saturated rings. The second-order valence-electron chi connectivity index (χ2n) is 7.79. The Hall–Kier alpha value is -2.43. The highest BCUT2D eigenvalue weighted by molar-refractivity contribution is 8.01. The number of aromatic nitrogens is 1. The normalized spacial score (nSPS) is 13.9. The van der Waals surface area contributed by atoms with Gasteiger partial charge in [-0.2, -0.15) is 0 Å². The lowest BCUT2D eigenvalue weighted by Crippen LogP contribution is -2.27. The molecule has 0 atom stereocenters. The van der Waals surface area contributed by atoms with Gasteiger partial charge >= 0.3 is 0 Å². The molecule has 0 saturated heterocycles. The van der Waals surface area contributed by atoms with Gasteiger partial charge in [0.2, 0.25) is 0 Å². The van der Waals surface area contributed by atoms with Crippen LogP contribution in [0.25, 0.3) is 21.3 Å². The minimum atomic E-state index is -0.493. The van der Waals surface area contributed by atoms with Gasteiger partial charge in [0.15, 0.2) is 4.34 Å². The molecule has 1 aromatic heterocycles. The Morgan fingerprint density at radius 3 is 2.20 bits per heavy atom. The smallest absolute Gasteiger partial charge is 0.151 e. The average Bonchev–Trinajstić information content (AvgIpc) is 3.33. The van der Waals surface area contributed by atoms with E-state index in [2.05, 4.69) is 66.7 Å². The summed E-state index contributed by atoms with van der Waals surface area (Å²) in [6.07, 6.45) is 5.36. The van der Waals surface area contributed by atoms with Crippen molar-refractivity contribution in [2.45, 2.75) is 35.4 Å². The summed E-state index contributed by atoms with van der Waals surface area (Å²) in [5, 5.41) is 0. The van der Waals surface area contributed by atoms with E-state index >= 15 is 0 Å². The molecule has 4 aromatic rings. The number of fused-ring (bicyclic) bond motifs is 4.